The molecule has 4 rings (SSSR count). The van der Waals surface area contributed by atoms with Gasteiger partial charge in [0.1, 0.15) is 11.6 Å². The maximum Gasteiger partial charge on any atom is 0.246 e. The molecule has 3 N–H and O–H groups in total. The minimum absolute atomic E-state index is 0.0231. The molecule has 0 saturated carbocycles. The molecule has 3 heterocycles. The Morgan fingerprint density at radius 3 is 2.29 bits per heavy atom. The number of fused-ring (bicyclic) bond motifs is 1. The number of ether oxygens (including phenoxy) is 1. The molecule has 3 aliphatic rings. The number of para-hydroxylation sites is 1. The Morgan fingerprint density at radius 1 is 1.11 bits per heavy atom. The van der Waals surface area contributed by atoms with Crippen LogP contribution in [-0.2, 0) is 19.1 Å². The molecule has 3 saturated heterocycles. The van der Waals surface area contributed by atoms with Crippen molar-refractivity contribution in [3.05, 3.63) is 30.3 Å². The third kappa shape index (κ3) is 4.86. The van der Waals surface area contributed by atoms with Crippen LogP contribution in [0, 0.1) is 23.2 Å². The average Bonchev–Trinajstić information content (AvgIpc) is 3.34. The fourth-order valence-electron chi connectivity index (χ4n) is 7.56. The first-order valence-electron chi connectivity index (χ1n) is 13.9. The summed E-state index contributed by atoms with van der Waals surface area (Å²) >= 11 is 0. The number of anilines is 1. The molecule has 38 heavy (non-hydrogen) atoms. The summed E-state index contributed by atoms with van der Waals surface area (Å²) in [6.07, 6.45) is 1.80. The number of hydrogen-bond acceptors (Lipinski definition) is 5. The molecular formula is C30H45N3O5. The van der Waals surface area contributed by atoms with Crippen LogP contribution in [0.15, 0.2) is 30.3 Å². The Hall–Kier alpha value is -2.45. The molecular weight excluding hydrogens is 482 g/mol. The second-order valence-corrected chi connectivity index (χ2v) is 13.9. The van der Waals surface area contributed by atoms with Crippen molar-refractivity contribution in [2.45, 2.75) is 103 Å². The molecule has 3 aliphatic heterocycles. The third-order valence-electron chi connectivity index (χ3n) is 8.53. The molecule has 2 bridgehead atoms. The van der Waals surface area contributed by atoms with Crippen LogP contribution in [0.1, 0.15) is 74.7 Å². The SMILES string of the molecule is CC(C)[C@H](CO)N1C(=O)[C@@H]2[C@H](C(=O)Nc3ccccc3)[C@]3(C)CCC2(O3)C1C(=O)NC(C)(C)CC(C)(C)C. The molecule has 8 nitrogen and oxygen atoms in total. The monoisotopic (exact) mass is 527 g/mol. The van der Waals surface area contributed by atoms with Crippen LogP contribution in [0.4, 0.5) is 5.69 Å². The van der Waals surface area contributed by atoms with E-state index in [4.69, 9.17) is 4.74 Å². The van der Waals surface area contributed by atoms with Crippen LogP contribution in [0.3, 0.4) is 0 Å². The van der Waals surface area contributed by atoms with Crippen LogP contribution < -0.4 is 10.6 Å². The molecule has 2 unspecified atom stereocenters. The van der Waals surface area contributed by atoms with Gasteiger partial charge in [0.15, 0.2) is 0 Å². The Labute approximate surface area is 226 Å². The fourth-order valence-corrected chi connectivity index (χ4v) is 7.56. The van der Waals surface area contributed by atoms with E-state index in [0.29, 0.717) is 18.5 Å². The van der Waals surface area contributed by atoms with Crippen molar-refractivity contribution in [2.75, 3.05) is 11.9 Å². The van der Waals surface area contributed by atoms with Gasteiger partial charge in [0.25, 0.3) is 0 Å². The minimum Gasteiger partial charge on any atom is -0.394 e. The van der Waals surface area contributed by atoms with E-state index >= 15 is 0 Å². The van der Waals surface area contributed by atoms with Crippen molar-refractivity contribution in [3.63, 3.8) is 0 Å². The highest BCUT2D eigenvalue weighted by molar-refractivity contribution is 6.02. The molecule has 1 aromatic carbocycles. The number of hydrogen-bond donors (Lipinski definition) is 3. The molecule has 1 spiro atoms. The van der Waals surface area contributed by atoms with E-state index in [1.54, 1.807) is 17.0 Å². The number of carbonyl (C=O) groups is 3. The van der Waals surface area contributed by atoms with E-state index in [-0.39, 0.29) is 35.7 Å². The van der Waals surface area contributed by atoms with Gasteiger partial charge in [-0.05, 0) is 63.5 Å². The van der Waals surface area contributed by atoms with Gasteiger partial charge in [-0.1, -0.05) is 52.8 Å². The predicted octanol–water partition coefficient (Wildman–Crippen LogP) is 3.74. The summed E-state index contributed by atoms with van der Waals surface area (Å²) in [6.45, 7) is 15.8. The Morgan fingerprint density at radius 2 is 1.74 bits per heavy atom. The number of rotatable bonds is 8. The van der Waals surface area contributed by atoms with Gasteiger partial charge in [-0.25, -0.2) is 0 Å². The first kappa shape index (κ1) is 28.6. The molecule has 210 valence electrons. The van der Waals surface area contributed by atoms with Crippen LogP contribution in [0.5, 0.6) is 0 Å². The summed E-state index contributed by atoms with van der Waals surface area (Å²) in [4.78, 5) is 43.7. The van der Waals surface area contributed by atoms with Crippen molar-refractivity contribution < 1.29 is 24.2 Å². The van der Waals surface area contributed by atoms with Gasteiger partial charge in [0.05, 0.1) is 30.1 Å². The van der Waals surface area contributed by atoms with E-state index in [0.717, 1.165) is 6.42 Å². The van der Waals surface area contributed by atoms with E-state index < -0.39 is 40.7 Å². The Balaban J connectivity index is 1.75. The highest BCUT2D eigenvalue weighted by atomic mass is 16.5. The van der Waals surface area contributed by atoms with Crippen LogP contribution in [0.2, 0.25) is 0 Å². The number of likely N-dealkylation sites (tertiary alicyclic amines) is 1. The zero-order chi connectivity index (χ0) is 28.3. The zero-order valence-corrected chi connectivity index (χ0v) is 24.1. The van der Waals surface area contributed by atoms with Crippen molar-refractivity contribution in [3.8, 4) is 0 Å². The van der Waals surface area contributed by atoms with E-state index in [1.165, 1.54) is 0 Å². The molecule has 1 aromatic rings. The number of aliphatic hydroxyl groups is 1. The number of nitrogens with one attached hydrogen (secondary N) is 2. The van der Waals surface area contributed by atoms with Gasteiger partial charge in [0.2, 0.25) is 17.7 Å². The van der Waals surface area contributed by atoms with Gasteiger partial charge in [-0.3, -0.25) is 14.4 Å². The van der Waals surface area contributed by atoms with Gasteiger partial charge in [-0.15, -0.1) is 0 Å². The average molecular weight is 528 g/mol. The van der Waals surface area contributed by atoms with E-state index in [2.05, 4.69) is 31.4 Å². The smallest absolute Gasteiger partial charge is 0.246 e. The molecule has 0 aliphatic carbocycles. The quantitative estimate of drug-likeness (QED) is 0.477. The number of nitrogens with zero attached hydrogens (tertiary/aromatic N) is 1. The third-order valence-corrected chi connectivity index (χ3v) is 8.53. The largest absolute Gasteiger partial charge is 0.394 e. The summed E-state index contributed by atoms with van der Waals surface area (Å²) in [5.41, 5.74) is -1.90. The Kier molecular flexibility index (Phi) is 7.24. The van der Waals surface area contributed by atoms with Crippen molar-refractivity contribution >= 4 is 23.4 Å². The summed E-state index contributed by atoms with van der Waals surface area (Å²) in [5, 5.41) is 16.6. The molecule has 6 atom stereocenters. The molecule has 3 amide bonds. The highest BCUT2D eigenvalue weighted by Crippen LogP contribution is 2.63. The number of aliphatic hydroxyl groups excluding tert-OH is 1. The maximum atomic E-state index is 14.3. The highest BCUT2D eigenvalue weighted by Gasteiger charge is 2.78. The van der Waals surface area contributed by atoms with Crippen molar-refractivity contribution in [2.24, 2.45) is 23.2 Å². The molecule has 8 heteroatoms. The predicted molar refractivity (Wildman–Crippen MR) is 146 cm³/mol. The maximum absolute atomic E-state index is 14.3. The molecule has 3 fully saturated rings. The number of carbonyl (C=O) groups excluding carboxylic acids is 3. The molecule has 0 aromatic heterocycles. The lowest BCUT2D eigenvalue weighted by Crippen LogP contribution is -2.62. The van der Waals surface area contributed by atoms with Gasteiger partial charge in [-0.2, -0.15) is 0 Å². The lowest BCUT2D eigenvalue weighted by atomic mass is 9.66. The first-order chi connectivity index (χ1) is 17.6. The second kappa shape index (κ2) is 9.63. The standard InChI is InChI=1S/C30H45N3O5/c1-18(2)20(16-34)33-23(25(36)32-28(6,7)17-27(3,4)5)30-15-14-29(8,38-30)21(22(30)26(33)37)24(35)31-19-12-10-9-11-13-19/h9-13,18,20-23,34H,14-17H2,1-8H3,(H,31,35)(H,32,36)/t20-,21+,22-,23?,29-,30?/m0/s1. The van der Waals surface area contributed by atoms with Gasteiger partial charge >= 0.3 is 0 Å². The van der Waals surface area contributed by atoms with Crippen molar-refractivity contribution in [1.29, 1.82) is 0 Å². The topological polar surface area (TPSA) is 108 Å². The second-order valence-electron chi connectivity index (χ2n) is 13.9. The Bertz CT molecular complexity index is 1080. The molecule has 0 radical (unpaired) electrons. The fraction of sp³-hybridized carbons (Fsp3) is 0.700. The normalized spacial score (nSPS) is 31.5. The number of benzene rings is 1. The van der Waals surface area contributed by atoms with Crippen LogP contribution in [0.25, 0.3) is 0 Å². The lowest BCUT2D eigenvalue weighted by Gasteiger charge is -2.41. The summed E-state index contributed by atoms with van der Waals surface area (Å²) in [6, 6.07) is 7.66. The van der Waals surface area contributed by atoms with Gasteiger partial charge < -0.3 is 25.4 Å². The first-order valence-corrected chi connectivity index (χ1v) is 13.9. The number of amides is 3. The van der Waals surface area contributed by atoms with Crippen LogP contribution >= 0.6 is 0 Å². The lowest BCUT2D eigenvalue weighted by molar-refractivity contribution is -0.150. The summed E-state index contributed by atoms with van der Waals surface area (Å²) in [7, 11) is 0. The van der Waals surface area contributed by atoms with Gasteiger partial charge in [0, 0.05) is 11.2 Å². The summed E-state index contributed by atoms with van der Waals surface area (Å²) < 4.78 is 6.70. The minimum atomic E-state index is -1.13. The zero-order valence-electron chi connectivity index (χ0n) is 24.1. The van der Waals surface area contributed by atoms with E-state index in [1.807, 2.05) is 52.8 Å². The van der Waals surface area contributed by atoms with Crippen molar-refractivity contribution in [1.82, 2.24) is 10.2 Å². The van der Waals surface area contributed by atoms with E-state index in [9.17, 15) is 19.5 Å². The summed E-state index contributed by atoms with van der Waals surface area (Å²) in [5.74, 6) is -2.51. The van der Waals surface area contributed by atoms with Crippen LogP contribution in [-0.4, -0.2) is 63.2 Å².